The van der Waals surface area contributed by atoms with E-state index in [4.69, 9.17) is 47.5 Å². The smallest absolute Gasteiger partial charge is 0.195 e. The zero-order valence-electron chi connectivity index (χ0n) is 73.5. The molecule has 28 nitrogen and oxygen atoms in total. The summed E-state index contributed by atoms with van der Waals surface area (Å²) in [6.45, 7) is 19.7. The Morgan fingerprint density at radius 3 is 1.15 bits per heavy atom. The molecule has 6 aliphatic rings. The highest BCUT2D eigenvalue weighted by atomic mass is 32.1. The third kappa shape index (κ3) is 15.0. The Kier molecular flexibility index (Phi) is 21.8. The average Bonchev–Trinajstić information content (AvgIpc) is 1.70. The Balaban J connectivity index is 0.000000106. The van der Waals surface area contributed by atoms with E-state index in [0.29, 0.717) is 130 Å². The van der Waals surface area contributed by atoms with Crippen LogP contribution in [0.25, 0.3) is 88.6 Å². The summed E-state index contributed by atoms with van der Waals surface area (Å²) >= 11 is 4.07. The number of pyridine rings is 3. The number of aryl methyl sites for hydroxylation is 10. The minimum atomic E-state index is -1.75. The molecule has 0 bridgehead atoms. The summed E-state index contributed by atoms with van der Waals surface area (Å²) in [6.07, 6.45) is 19.5. The van der Waals surface area contributed by atoms with E-state index in [9.17, 15) is 20.4 Å². The van der Waals surface area contributed by atoms with E-state index in [0.717, 1.165) is 179 Å². The van der Waals surface area contributed by atoms with Gasteiger partial charge in [0.2, 0.25) is 0 Å². The number of H-pyrrole nitrogens is 4. The van der Waals surface area contributed by atoms with Crippen molar-refractivity contribution in [1.29, 1.82) is 0 Å². The summed E-state index contributed by atoms with van der Waals surface area (Å²) < 4.78 is 65.7. The molecule has 0 spiro atoms. The number of nitrogens with one attached hydrogen (secondary N) is 4. The van der Waals surface area contributed by atoms with Gasteiger partial charge in [-0.15, -0.1) is 34.0 Å². The second-order valence-corrected chi connectivity index (χ2v) is 37.9. The van der Waals surface area contributed by atoms with E-state index in [2.05, 4.69) is 82.6 Å². The van der Waals surface area contributed by atoms with Crippen molar-refractivity contribution in [2.75, 3.05) is 13.2 Å². The van der Waals surface area contributed by atoms with Gasteiger partial charge < -0.3 is 67.9 Å². The number of hydrogen-bond acceptors (Lipinski definition) is 27. The summed E-state index contributed by atoms with van der Waals surface area (Å²) in [7, 11) is 0. The molecule has 8 N–H and O–H groups in total. The van der Waals surface area contributed by atoms with Crippen LogP contribution in [0.1, 0.15) is 235 Å². The molecular formula is C98H94F2N18O10S3. The third-order valence-corrected chi connectivity index (χ3v) is 28.8. The molecule has 131 heavy (non-hydrogen) atoms. The predicted octanol–water partition coefficient (Wildman–Crippen LogP) is 19.7. The number of nitrogens with zero attached hydrogens (tertiary/aromatic N) is 14. The van der Waals surface area contributed by atoms with Crippen molar-refractivity contribution in [2.24, 2.45) is 0 Å². The first-order valence-corrected chi connectivity index (χ1v) is 46.9. The molecule has 0 radical (unpaired) electrons. The van der Waals surface area contributed by atoms with E-state index in [1.54, 1.807) is 93.7 Å². The van der Waals surface area contributed by atoms with Crippen molar-refractivity contribution in [3.8, 4) is 44.5 Å². The van der Waals surface area contributed by atoms with Gasteiger partial charge in [0.1, 0.15) is 72.4 Å². The van der Waals surface area contributed by atoms with Crippen LogP contribution in [0.3, 0.4) is 0 Å². The number of benzene rings is 4. The Morgan fingerprint density at radius 2 is 0.763 bits per heavy atom. The van der Waals surface area contributed by atoms with Crippen molar-refractivity contribution in [2.45, 2.75) is 205 Å². The lowest BCUT2D eigenvalue weighted by Crippen LogP contribution is -2.41. The van der Waals surface area contributed by atoms with Crippen molar-refractivity contribution in [3.05, 3.63) is 278 Å². The SMILES string of the molecule is Cc1ccc(C(O)(c2ccccn2)c2cc(-c3c(C)noc3C)c(F)c3[nH]c(C4CC4)nc23)c(C)n1.Cc1noc(C)c1-c1cc(C(O)(c2ccccn2)C2CCCO2)c2nc(C3CC3)[nH]c2c1.Cc1noc(C)c1-c1cc(C(O)(c2nccs2)C2CCCO2)c2nc(C3CC3)[nH]c2c1.Cc1noc(C)c1-c1cc(C(O)(c2nccs2)c2nccs2)c2nc(C3CC3)[nH]c2c1F. The normalized spacial score (nSPS) is 17.8. The monoisotopic (exact) mass is 1820 g/mol. The fraction of sp³-hybridized carbons (Fsp3) is 0.347. The molecular weight excluding hydrogens is 1720 g/mol. The van der Waals surface area contributed by atoms with Gasteiger partial charge in [-0.1, -0.05) is 38.8 Å². The Labute approximate surface area is 761 Å². The lowest BCUT2D eigenvalue weighted by Gasteiger charge is -2.34. The van der Waals surface area contributed by atoms with E-state index in [1.165, 1.54) is 34.0 Å². The van der Waals surface area contributed by atoms with E-state index in [1.807, 2.05) is 95.5 Å². The second kappa shape index (κ2) is 33.4. The van der Waals surface area contributed by atoms with Gasteiger partial charge in [0.25, 0.3) is 0 Å². The quantitative estimate of drug-likeness (QED) is 0.0351. The van der Waals surface area contributed by atoms with Crippen LogP contribution in [0.2, 0.25) is 0 Å². The van der Waals surface area contributed by atoms with E-state index >= 15 is 8.78 Å². The number of fused-ring (bicyclic) bond motifs is 4. The number of ether oxygens (including phenoxy) is 2. The highest BCUT2D eigenvalue weighted by molar-refractivity contribution is 7.11. The zero-order chi connectivity index (χ0) is 90.3. The minimum absolute atomic E-state index is 0.247. The highest BCUT2D eigenvalue weighted by Crippen LogP contribution is 2.53. The van der Waals surface area contributed by atoms with Crippen LogP contribution in [-0.2, 0) is 31.9 Å². The lowest BCUT2D eigenvalue weighted by atomic mass is 9.80. The van der Waals surface area contributed by atoms with Crippen LogP contribution >= 0.6 is 34.0 Å². The van der Waals surface area contributed by atoms with E-state index < -0.39 is 40.1 Å². The van der Waals surface area contributed by atoms with Crippen LogP contribution in [-0.4, -0.2) is 136 Å². The van der Waals surface area contributed by atoms with Gasteiger partial charge in [-0.3, -0.25) is 15.0 Å². The summed E-state index contributed by atoms with van der Waals surface area (Å²) in [5.41, 5.74) is 11.9. The number of aromatic amines is 4. The first kappa shape index (κ1) is 85.3. The summed E-state index contributed by atoms with van der Waals surface area (Å²) in [5, 5.41) is 72.9. The topological polar surface area (TPSA) is 396 Å². The molecule has 4 aromatic carbocycles. The number of hydrogen-bond donors (Lipinski definition) is 8. The Bertz CT molecular complexity index is 7210. The molecule has 668 valence electrons. The van der Waals surface area contributed by atoms with Crippen LogP contribution in [0.15, 0.2) is 150 Å². The molecule has 14 aromatic heterocycles. The minimum Gasteiger partial charge on any atom is -0.376 e. The molecule has 4 saturated carbocycles. The van der Waals surface area contributed by atoms with Gasteiger partial charge >= 0.3 is 0 Å². The fourth-order valence-corrected chi connectivity index (χ4v) is 21.4. The van der Waals surface area contributed by atoms with Gasteiger partial charge in [0, 0.05) is 145 Å². The van der Waals surface area contributed by atoms with Crippen molar-refractivity contribution in [3.63, 3.8) is 0 Å². The van der Waals surface area contributed by atoms with Crippen LogP contribution in [0, 0.1) is 80.9 Å². The molecule has 16 heterocycles. The van der Waals surface area contributed by atoms with Gasteiger partial charge in [0.05, 0.1) is 90.6 Å². The maximum Gasteiger partial charge on any atom is 0.195 e. The predicted molar refractivity (Wildman–Crippen MR) is 489 cm³/mol. The lowest BCUT2D eigenvalue weighted by molar-refractivity contribution is -0.0636. The van der Waals surface area contributed by atoms with Crippen molar-refractivity contribution >= 4 is 78.1 Å². The molecule has 2 saturated heterocycles. The van der Waals surface area contributed by atoms with E-state index in [-0.39, 0.29) is 34.5 Å². The van der Waals surface area contributed by atoms with Crippen molar-refractivity contribution in [1.82, 2.24) is 90.4 Å². The first-order valence-electron chi connectivity index (χ1n) is 44.2. The number of rotatable bonds is 20. The largest absolute Gasteiger partial charge is 0.376 e. The molecule has 24 rings (SSSR count). The number of thiazole rings is 3. The number of aliphatic hydroxyl groups is 4. The molecule has 18 aromatic rings. The Morgan fingerprint density at radius 1 is 0.366 bits per heavy atom. The van der Waals surface area contributed by atoms with Crippen molar-refractivity contribution < 1.29 is 56.8 Å². The van der Waals surface area contributed by atoms with Gasteiger partial charge in [-0.05, 0) is 224 Å². The third-order valence-electron chi connectivity index (χ3n) is 26.1. The van der Waals surface area contributed by atoms with Gasteiger partial charge in [-0.25, -0.2) is 43.7 Å². The zero-order valence-corrected chi connectivity index (χ0v) is 76.0. The number of halogens is 2. The molecule has 5 atom stereocenters. The molecule has 4 aliphatic carbocycles. The number of imidazole rings is 4. The molecule has 33 heteroatoms. The van der Waals surface area contributed by atoms with Crippen LogP contribution < -0.4 is 0 Å². The maximum atomic E-state index is 16.1. The van der Waals surface area contributed by atoms with Gasteiger partial charge in [-0.2, -0.15) is 0 Å². The Hall–Kier alpha value is -12.4. The summed E-state index contributed by atoms with van der Waals surface area (Å²) in [5.74, 6) is 6.49. The number of aromatic nitrogens is 18. The van der Waals surface area contributed by atoms with Crippen LogP contribution in [0.5, 0.6) is 0 Å². The maximum absolute atomic E-state index is 16.1. The standard InChI is InChI=1S/C28H26FN5O2.C25H26N4O3.C23H24N4O3S.C22H18FN5O2S2/c1-14-8-11-20(15(2)31-14)28(35,22-7-5-6-12-30-22)21-13-19(23-16(3)34-36-17(23)4)24(29)26-25(21)32-27(33-26)18-9-10-18;1-14-22(15(2)32-29-14)17-12-18(23-19(13-17)27-24(28-23)16-8-9-16)25(30,21-7-5-11-31-21)20-6-3-4-10-26-20;1-12-19(13(2)30-27-12)15-10-16(20-17(11-15)25-21(26-20)14-5-6-14)23(28,18-4-3-8-29-18)22-24-7-9-31-22;1-10-15(11(2)30-28-10)13-9-14(17-18(16(13)23)27-19(26-17)12-3-4-12)22(29,20-24-5-7-31-20)21-25-6-8-32-21/h5-8,11-13,18,35H,9-10H2,1-4H3,(H,32,33);3-4,6,10,12-13,16,21,30H,5,7-9,11H2,1-2H3,(H,27,28);7,9-11,14,18,28H,3-6,8H2,1-2H3,(H,25,26);5-9,12,29H,3-4H2,1-2H3,(H,26,27). The second-order valence-electron chi connectivity index (χ2n) is 35.2. The average molecular weight is 1820 g/mol. The summed E-state index contributed by atoms with van der Waals surface area (Å²) in [4.78, 5) is 60.0. The molecule has 0 amide bonds. The first-order chi connectivity index (χ1) is 63.4. The molecule has 2 aliphatic heterocycles. The van der Waals surface area contributed by atoms with Crippen LogP contribution in [0.4, 0.5) is 8.78 Å². The molecule has 6 fully saturated rings. The highest BCUT2D eigenvalue weighted by Gasteiger charge is 2.51. The molecule has 5 unspecified atom stereocenters. The fourth-order valence-electron chi connectivity index (χ4n) is 19.0. The summed E-state index contributed by atoms with van der Waals surface area (Å²) in [6, 6.07) is 26.2. The van der Waals surface area contributed by atoms with Gasteiger partial charge in [0.15, 0.2) is 34.0 Å².